The summed E-state index contributed by atoms with van der Waals surface area (Å²) in [6.45, 7) is 0. The molecule has 5 nitrogen and oxygen atoms in total. The first kappa shape index (κ1) is 14.8. The second-order valence-corrected chi connectivity index (χ2v) is 5.83. The number of carbonyl (C=O) groups excluding carboxylic acids is 1. The Balaban J connectivity index is 2.02. The van der Waals surface area contributed by atoms with Gasteiger partial charge in [0.25, 0.3) is 0 Å². The highest BCUT2D eigenvalue weighted by Gasteiger charge is 2.33. The number of amides is 1. The van der Waals surface area contributed by atoms with Crippen molar-refractivity contribution in [1.29, 1.82) is 0 Å². The lowest BCUT2D eigenvalue weighted by Gasteiger charge is -2.12. The molecule has 0 heterocycles. The molecule has 1 fully saturated rings. The number of anilines is 1. The lowest BCUT2D eigenvalue weighted by Crippen LogP contribution is -2.21. The molecule has 0 aliphatic heterocycles. The minimum atomic E-state index is -0.815. The molecular weight excluding hydrogens is 326 g/mol. The number of methoxy groups -OCH3 is 1. The van der Waals surface area contributed by atoms with E-state index < -0.39 is 11.9 Å². The Hall–Kier alpha value is -1.56. The van der Waals surface area contributed by atoms with E-state index >= 15 is 0 Å². The predicted molar refractivity (Wildman–Crippen MR) is 77.8 cm³/mol. The molecule has 108 valence electrons. The molecule has 2 atom stereocenters. The number of carboxylic acids is 1. The van der Waals surface area contributed by atoms with Gasteiger partial charge in [-0.1, -0.05) is 15.9 Å². The van der Waals surface area contributed by atoms with E-state index in [1.54, 1.807) is 25.3 Å². The fourth-order valence-corrected chi connectivity index (χ4v) is 2.91. The summed E-state index contributed by atoms with van der Waals surface area (Å²) in [6.07, 6.45) is 1.59. The number of hydrogen-bond donors (Lipinski definition) is 2. The summed E-state index contributed by atoms with van der Waals surface area (Å²) >= 11 is 3.35. The number of aliphatic carboxylic acids is 1. The van der Waals surface area contributed by atoms with Crippen LogP contribution in [-0.4, -0.2) is 24.1 Å². The molecule has 2 unspecified atom stereocenters. The fourth-order valence-electron chi connectivity index (χ4n) is 2.44. The van der Waals surface area contributed by atoms with Gasteiger partial charge >= 0.3 is 5.97 Å². The van der Waals surface area contributed by atoms with Crippen LogP contribution in [0.25, 0.3) is 0 Å². The molecule has 0 radical (unpaired) electrons. The van der Waals surface area contributed by atoms with Gasteiger partial charge in [0.05, 0.1) is 13.0 Å². The quantitative estimate of drug-likeness (QED) is 0.882. The zero-order valence-corrected chi connectivity index (χ0v) is 12.6. The Bertz CT molecular complexity index is 532. The van der Waals surface area contributed by atoms with Crippen molar-refractivity contribution in [1.82, 2.24) is 0 Å². The molecule has 0 spiro atoms. The van der Waals surface area contributed by atoms with Crippen molar-refractivity contribution in [2.75, 3.05) is 12.4 Å². The monoisotopic (exact) mass is 341 g/mol. The lowest BCUT2D eigenvalue weighted by molar-refractivity contribution is -0.141. The van der Waals surface area contributed by atoms with Crippen LogP contribution in [0.3, 0.4) is 0 Å². The van der Waals surface area contributed by atoms with Crippen molar-refractivity contribution in [3.05, 3.63) is 22.7 Å². The van der Waals surface area contributed by atoms with Gasteiger partial charge in [0.1, 0.15) is 5.75 Å². The van der Waals surface area contributed by atoms with Crippen molar-refractivity contribution in [2.45, 2.75) is 19.3 Å². The Kier molecular flexibility index (Phi) is 4.65. The van der Waals surface area contributed by atoms with Gasteiger partial charge < -0.3 is 15.2 Å². The largest absolute Gasteiger partial charge is 0.497 e. The predicted octanol–water partition coefficient (Wildman–Crippen LogP) is 2.90. The van der Waals surface area contributed by atoms with Crippen LogP contribution in [-0.2, 0) is 9.59 Å². The molecule has 1 aliphatic carbocycles. The average molecular weight is 342 g/mol. The number of carboxylic acid groups (broad SMARTS) is 1. The van der Waals surface area contributed by atoms with Gasteiger partial charge in [-0.3, -0.25) is 9.59 Å². The summed E-state index contributed by atoms with van der Waals surface area (Å²) in [5.74, 6) is -0.938. The third-order valence-corrected chi connectivity index (χ3v) is 3.99. The smallest absolute Gasteiger partial charge is 0.306 e. The average Bonchev–Trinajstić information content (AvgIpc) is 2.87. The van der Waals surface area contributed by atoms with Crippen LogP contribution < -0.4 is 10.1 Å². The fraction of sp³-hybridized carbons (Fsp3) is 0.429. The highest BCUT2D eigenvalue weighted by Crippen LogP contribution is 2.32. The molecule has 2 N–H and O–H groups in total. The van der Waals surface area contributed by atoms with E-state index in [4.69, 9.17) is 9.84 Å². The van der Waals surface area contributed by atoms with E-state index in [1.807, 2.05) is 0 Å². The number of rotatable bonds is 4. The Labute approximate surface area is 125 Å². The van der Waals surface area contributed by atoms with Crippen molar-refractivity contribution in [3.8, 4) is 5.75 Å². The highest BCUT2D eigenvalue weighted by molar-refractivity contribution is 9.10. The summed E-state index contributed by atoms with van der Waals surface area (Å²) in [5, 5.41) is 11.8. The minimum absolute atomic E-state index is 0.131. The van der Waals surface area contributed by atoms with Gasteiger partial charge in [0, 0.05) is 22.1 Å². The van der Waals surface area contributed by atoms with Gasteiger partial charge in [-0.2, -0.15) is 0 Å². The Morgan fingerprint density at radius 2 is 2.00 bits per heavy atom. The topological polar surface area (TPSA) is 75.6 Å². The zero-order chi connectivity index (χ0) is 14.7. The number of ether oxygens (including phenoxy) is 1. The maximum atomic E-state index is 12.1. The van der Waals surface area contributed by atoms with E-state index in [-0.39, 0.29) is 11.8 Å². The second-order valence-electron chi connectivity index (χ2n) is 4.91. The molecule has 1 saturated carbocycles. The molecule has 0 bridgehead atoms. The van der Waals surface area contributed by atoms with Gasteiger partial charge in [-0.25, -0.2) is 0 Å². The molecule has 0 saturated heterocycles. The summed E-state index contributed by atoms with van der Waals surface area (Å²) < 4.78 is 5.94. The third-order valence-electron chi connectivity index (χ3n) is 3.53. The molecule has 1 aromatic rings. The number of halogens is 1. The zero-order valence-electron chi connectivity index (χ0n) is 11.1. The summed E-state index contributed by atoms with van der Waals surface area (Å²) in [4.78, 5) is 23.0. The molecule has 1 aromatic carbocycles. The van der Waals surface area contributed by atoms with Gasteiger partial charge in [-0.15, -0.1) is 0 Å². The number of benzene rings is 1. The van der Waals surface area contributed by atoms with E-state index in [0.717, 1.165) is 4.47 Å². The lowest BCUT2D eigenvalue weighted by atomic mass is 10.0. The summed E-state index contributed by atoms with van der Waals surface area (Å²) in [7, 11) is 1.56. The minimum Gasteiger partial charge on any atom is -0.497 e. The van der Waals surface area contributed by atoms with Crippen LogP contribution >= 0.6 is 15.9 Å². The van der Waals surface area contributed by atoms with Gasteiger partial charge in [0.2, 0.25) is 5.91 Å². The third kappa shape index (κ3) is 3.50. The molecule has 1 amide bonds. The van der Waals surface area contributed by atoms with E-state index in [2.05, 4.69) is 21.2 Å². The molecule has 0 aromatic heterocycles. The van der Waals surface area contributed by atoms with Crippen LogP contribution in [0.4, 0.5) is 5.69 Å². The molecule has 6 heteroatoms. The van der Waals surface area contributed by atoms with Crippen LogP contribution in [0.2, 0.25) is 0 Å². The van der Waals surface area contributed by atoms with Crippen molar-refractivity contribution < 1.29 is 19.4 Å². The Morgan fingerprint density at radius 3 is 2.60 bits per heavy atom. The maximum absolute atomic E-state index is 12.1. The Morgan fingerprint density at radius 1 is 1.30 bits per heavy atom. The first-order valence-electron chi connectivity index (χ1n) is 6.38. The van der Waals surface area contributed by atoms with Gasteiger partial charge in [-0.05, 0) is 31.4 Å². The number of carbonyl (C=O) groups is 2. The van der Waals surface area contributed by atoms with Crippen molar-refractivity contribution >= 4 is 33.5 Å². The SMILES string of the molecule is COc1cc(Br)cc(NC(=O)C2CCC(C(=O)O)C2)c1. The van der Waals surface area contributed by atoms with E-state index in [0.29, 0.717) is 30.7 Å². The maximum Gasteiger partial charge on any atom is 0.306 e. The first-order chi connectivity index (χ1) is 9.49. The van der Waals surface area contributed by atoms with Crippen LogP contribution in [0.5, 0.6) is 5.75 Å². The normalized spacial score (nSPS) is 21.5. The highest BCUT2D eigenvalue weighted by atomic mass is 79.9. The summed E-state index contributed by atoms with van der Waals surface area (Å²) in [5.41, 5.74) is 0.639. The molecular formula is C14H16BrNO4. The molecule has 2 rings (SSSR count). The van der Waals surface area contributed by atoms with Crippen molar-refractivity contribution in [2.24, 2.45) is 11.8 Å². The molecule has 20 heavy (non-hydrogen) atoms. The van der Waals surface area contributed by atoms with Crippen molar-refractivity contribution in [3.63, 3.8) is 0 Å². The van der Waals surface area contributed by atoms with Crippen LogP contribution in [0.15, 0.2) is 22.7 Å². The second kappa shape index (κ2) is 6.26. The first-order valence-corrected chi connectivity index (χ1v) is 7.17. The molecule has 1 aliphatic rings. The van der Waals surface area contributed by atoms with Crippen LogP contribution in [0, 0.1) is 11.8 Å². The number of nitrogens with one attached hydrogen (secondary N) is 1. The van der Waals surface area contributed by atoms with E-state index in [9.17, 15) is 9.59 Å². The van der Waals surface area contributed by atoms with Crippen LogP contribution in [0.1, 0.15) is 19.3 Å². The number of hydrogen-bond acceptors (Lipinski definition) is 3. The van der Waals surface area contributed by atoms with E-state index in [1.165, 1.54) is 0 Å². The van der Waals surface area contributed by atoms with Gasteiger partial charge in [0.15, 0.2) is 0 Å². The standard InChI is InChI=1S/C14H16BrNO4/c1-20-12-6-10(15)5-11(7-12)16-13(17)8-2-3-9(4-8)14(18)19/h5-9H,2-4H2,1H3,(H,16,17)(H,18,19). The summed E-state index contributed by atoms with van der Waals surface area (Å²) in [6, 6.07) is 5.31.